The maximum atomic E-state index is 14.0. The summed E-state index contributed by atoms with van der Waals surface area (Å²) < 4.78 is 11.9. The van der Waals surface area contributed by atoms with Gasteiger partial charge in [-0.3, -0.25) is 9.59 Å². The Labute approximate surface area is 194 Å². The van der Waals surface area contributed by atoms with Gasteiger partial charge in [0.15, 0.2) is 0 Å². The molecule has 2 fully saturated rings. The highest BCUT2D eigenvalue weighted by Gasteiger charge is 2.43. The molecule has 1 aromatic heterocycles. The Kier molecular flexibility index (Phi) is 5.60. The van der Waals surface area contributed by atoms with Gasteiger partial charge in [0.25, 0.3) is 5.91 Å². The Bertz CT molecular complexity index is 1190. The minimum atomic E-state index is -0.0513. The van der Waals surface area contributed by atoms with Crippen LogP contribution in [0.4, 0.5) is 0 Å². The first kappa shape index (κ1) is 21.6. The van der Waals surface area contributed by atoms with Gasteiger partial charge in [-0.25, -0.2) is 0 Å². The Balaban J connectivity index is 1.51. The third kappa shape index (κ3) is 3.88. The lowest BCUT2D eigenvalue weighted by Gasteiger charge is -2.31. The Morgan fingerprint density at radius 2 is 1.91 bits per heavy atom. The monoisotopic (exact) mass is 446 g/mol. The fourth-order valence-electron chi connectivity index (χ4n) is 5.48. The van der Waals surface area contributed by atoms with Gasteiger partial charge in [0, 0.05) is 44.1 Å². The number of fused-ring (bicyclic) bond motifs is 2. The van der Waals surface area contributed by atoms with Crippen LogP contribution in [0.25, 0.3) is 22.3 Å². The number of furan rings is 1. The fourth-order valence-corrected chi connectivity index (χ4v) is 5.48. The summed E-state index contributed by atoms with van der Waals surface area (Å²) in [5.41, 5.74) is 2.11. The van der Waals surface area contributed by atoms with Gasteiger partial charge in [-0.1, -0.05) is 30.3 Å². The molecule has 6 heteroatoms. The maximum absolute atomic E-state index is 14.0. The molecule has 3 aromatic rings. The van der Waals surface area contributed by atoms with Crippen molar-refractivity contribution in [3.05, 3.63) is 54.1 Å². The Hall–Kier alpha value is -3.28. The number of nitrogens with zero attached hydrogens (tertiary/aromatic N) is 2. The summed E-state index contributed by atoms with van der Waals surface area (Å²) in [5.74, 6) is 2.27. The van der Waals surface area contributed by atoms with Crippen LogP contribution in [-0.2, 0) is 4.79 Å². The number of likely N-dealkylation sites (tertiary alicyclic amines) is 1. The topological polar surface area (TPSA) is 63.0 Å². The fraction of sp³-hybridized carbons (Fsp3) is 0.407. The van der Waals surface area contributed by atoms with Crippen molar-refractivity contribution in [1.29, 1.82) is 0 Å². The van der Waals surface area contributed by atoms with E-state index < -0.39 is 0 Å². The Morgan fingerprint density at radius 1 is 1.15 bits per heavy atom. The minimum Gasteiger partial charge on any atom is -0.494 e. The summed E-state index contributed by atoms with van der Waals surface area (Å²) in [5, 5.41) is 0.766. The van der Waals surface area contributed by atoms with Gasteiger partial charge in [0.05, 0.1) is 12.2 Å². The molecule has 3 atom stereocenters. The van der Waals surface area contributed by atoms with Crippen molar-refractivity contribution in [1.82, 2.24) is 9.80 Å². The van der Waals surface area contributed by atoms with Gasteiger partial charge in [-0.15, -0.1) is 0 Å². The van der Waals surface area contributed by atoms with Crippen LogP contribution in [0.15, 0.2) is 52.9 Å². The molecule has 1 aliphatic heterocycles. The van der Waals surface area contributed by atoms with E-state index in [4.69, 9.17) is 9.15 Å². The van der Waals surface area contributed by atoms with Crippen molar-refractivity contribution in [2.45, 2.75) is 32.2 Å². The first-order chi connectivity index (χ1) is 16.0. The van der Waals surface area contributed by atoms with E-state index >= 15 is 0 Å². The van der Waals surface area contributed by atoms with Crippen molar-refractivity contribution < 1.29 is 18.7 Å². The lowest BCUT2D eigenvalue weighted by atomic mass is 9.88. The summed E-state index contributed by atoms with van der Waals surface area (Å²) in [4.78, 5) is 29.8. The number of benzene rings is 2. The quantitative estimate of drug-likeness (QED) is 0.563. The first-order valence-corrected chi connectivity index (χ1v) is 11.7. The molecule has 1 saturated heterocycles. The number of hydrogen-bond acceptors (Lipinski definition) is 4. The SMILES string of the molecule is CCOc1ccc2oc(-c3ccccc3)c(C(=O)N(C)[C@@H]3C[C@@H]4CC(=O)N(C)C[C@@H]4C3)c2c1. The number of amides is 2. The molecule has 0 N–H and O–H groups in total. The molecule has 2 aliphatic rings. The second kappa shape index (κ2) is 8.58. The summed E-state index contributed by atoms with van der Waals surface area (Å²) in [7, 11) is 3.76. The highest BCUT2D eigenvalue weighted by molar-refractivity contribution is 6.11. The van der Waals surface area contributed by atoms with E-state index in [0.717, 1.165) is 36.1 Å². The van der Waals surface area contributed by atoms with Crippen LogP contribution in [-0.4, -0.2) is 54.9 Å². The van der Waals surface area contributed by atoms with E-state index in [1.165, 1.54) is 0 Å². The van der Waals surface area contributed by atoms with E-state index in [0.29, 0.717) is 41.8 Å². The van der Waals surface area contributed by atoms with Crippen LogP contribution in [0, 0.1) is 11.8 Å². The molecule has 33 heavy (non-hydrogen) atoms. The smallest absolute Gasteiger partial charge is 0.258 e. The first-order valence-electron chi connectivity index (χ1n) is 11.7. The van der Waals surface area contributed by atoms with Gasteiger partial charge in [0.1, 0.15) is 17.1 Å². The molecule has 172 valence electrons. The number of ether oxygens (including phenoxy) is 1. The normalized spacial score (nSPS) is 22.5. The Morgan fingerprint density at radius 3 is 2.67 bits per heavy atom. The van der Waals surface area contributed by atoms with Gasteiger partial charge < -0.3 is 19.0 Å². The van der Waals surface area contributed by atoms with Crippen LogP contribution in [0.5, 0.6) is 5.75 Å². The standard InChI is InChI=1S/C27H30N2O4/c1-4-32-21-10-11-23-22(15-21)25(26(33-23)17-8-6-5-7-9-17)27(31)29(3)20-12-18-14-24(30)28(2)16-19(18)13-20/h5-11,15,18-20H,4,12-14,16H2,1-3H3/t18-,19+,20-/m1/s1. The molecular weight excluding hydrogens is 416 g/mol. The summed E-state index contributed by atoms with van der Waals surface area (Å²) in [6.45, 7) is 3.27. The molecule has 0 bridgehead atoms. The maximum Gasteiger partial charge on any atom is 0.258 e. The van der Waals surface area contributed by atoms with Crippen LogP contribution in [0.3, 0.4) is 0 Å². The zero-order valence-electron chi connectivity index (χ0n) is 19.4. The molecular formula is C27H30N2O4. The number of hydrogen-bond donors (Lipinski definition) is 0. The predicted molar refractivity (Wildman–Crippen MR) is 127 cm³/mol. The molecule has 0 unspecified atom stereocenters. The van der Waals surface area contributed by atoms with E-state index in [1.54, 1.807) is 0 Å². The molecule has 5 rings (SSSR count). The predicted octanol–water partition coefficient (Wildman–Crippen LogP) is 4.83. The van der Waals surface area contributed by atoms with Gasteiger partial charge in [-0.2, -0.15) is 0 Å². The van der Waals surface area contributed by atoms with E-state index in [2.05, 4.69) is 0 Å². The van der Waals surface area contributed by atoms with Crippen LogP contribution >= 0.6 is 0 Å². The summed E-state index contributed by atoms with van der Waals surface area (Å²) in [6, 6.07) is 15.5. The van der Waals surface area contributed by atoms with Crippen molar-refractivity contribution in [3.63, 3.8) is 0 Å². The zero-order valence-corrected chi connectivity index (χ0v) is 19.4. The number of piperidine rings is 1. The second-order valence-electron chi connectivity index (χ2n) is 9.30. The molecule has 1 saturated carbocycles. The third-order valence-corrected chi connectivity index (χ3v) is 7.28. The zero-order chi connectivity index (χ0) is 23.1. The van der Waals surface area contributed by atoms with Crippen molar-refractivity contribution in [2.75, 3.05) is 27.2 Å². The largest absolute Gasteiger partial charge is 0.494 e. The third-order valence-electron chi connectivity index (χ3n) is 7.28. The highest BCUT2D eigenvalue weighted by atomic mass is 16.5. The average molecular weight is 447 g/mol. The van der Waals surface area contributed by atoms with Gasteiger partial charge >= 0.3 is 0 Å². The molecule has 2 aromatic carbocycles. The molecule has 2 heterocycles. The number of rotatable bonds is 5. The van der Waals surface area contributed by atoms with Gasteiger partial charge in [-0.05, 0) is 49.8 Å². The second-order valence-corrected chi connectivity index (χ2v) is 9.30. The molecule has 6 nitrogen and oxygen atoms in total. The van der Waals surface area contributed by atoms with E-state index in [9.17, 15) is 9.59 Å². The number of carbonyl (C=O) groups is 2. The highest BCUT2D eigenvalue weighted by Crippen LogP contribution is 2.42. The summed E-state index contributed by atoms with van der Waals surface area (Å²) in [6.07, 6.45) is 2.37. The van der Waals surface area contributed by atoms with Crippen LogP contribution in [0.2, 0.25) is 0 Å². The lowest BCUT2D eigenvalue weighted by molar-refractivity contribution is -0.134. The van der Waals surface area contributed by atoms with Crippen LogP contribution in [0.1, 0.15) is 36.5 Å². The average Bonchev–Trinajstić information content (AvgIpc) is 3.40. The van der Waals surface area contributed by atoms with Crippen molar-refractivity contribution in [3.8, 4) is 17.1 Å². The van der Waals surface area contributed by atoms with Crippen molar-refractivity contribution >= 4 is 22.8 Å². The van der Waals surface area contributed by atoms with E-state index in [-0.39, 0.29) is 17.9 Å². The molecule has 0 spiro atoms. The lowest BCUT2D eigenvalue weighted by Crippen LogP contribution is -2.39. The summed E-state index contributed by atoms with van der Waals surface area (Å²) >= 11 is 0. The van der Waals surface area contributed by atoms with E-state index in [1.807, 2.05) is 79.3 Å². The van der Waals surface area contributed by atoms with Gasteiger partial charge in [0.2, 0.25) is 5.91 Å². The molecule has 2 amide bonds. The van der Waals surface area contributed by atoms with Crippen LogP contribution < -0.4 is 4.74 Å². The number of carbonyl (C=O) groups excluding carboxylic acids is 2. The molecule has 0 radical (unpaired) electrons. The minimum absolute atomic E-state index is 0.0513. The molecule has 1 aliphatic carbocycles. The van der Waals surface area contributed by atoms with Crippen molar-refractivity contribution in [2.24, 2.45) is 11.8 Å².